The Labute approximate surface area is 174 Å². The number of benzene rings is 2. The molecular weight excluding hydrogens is 436 g/mol. The molecule has 7 heteroatoms. The van der Waals surface area contributed by atoms with E-state index >= 15 is 0 Å². The van der Waals surface area contributed by atoms with Crippen LogP contribution in [0.3, 0.4) is 0 Å². The maximum Gasteiger partial charge on any atom is 0.232 e. The lowest BCUT2D eigenvalue weighted by atomic mass is 10.1. The number of anilines is 2. The van der Waals surface area contributed by atoms with Crippen molar-refractivity contribution in [1.29, 1.82) is 5.26 Å². The average Bonchev–Trinajstić information content (AvgIpc) is 3.14. The number of fused-ring (bicyclic) bond motifs is 1. The van der Waals surface area contributed by atoms with Crippen molar-refractivity contribution in [2.75, 3.05) is 5.32 Å². The summed E-state index contributed by atoms with van der Waals surface area (Å²) < 4.78 is 7.25. The first-order valence-electron chi connectivity index (χ1n) is 8.50. The molecule has 0 unspecified atom stereocenters. The maximum absolute atomic E-state index is 8.94. The average molecular weight is 451 g/mol. The molecule has 0 aliphatic carbocycles. The lowest BCUT2D eigenvalue weighted by Gasteiger charge is -2.13. The third-order valence-corrected chi connectivity index (χ3v) is 5.45. The van der Waals surface area contributed by atoms with Gasteiger partial charge in [-0.05, 0) is 72.8 Å². The fourth-order valence-corrected chi connectivity index (χ4v) is 4.32. The molecule has 0 aliphatic rings. The van der Waals surface area contributed by atoms with Gasteiger partial charge in [0.2, 0.25) is 11.8 Å². The van der Waals surface area contributed by atoms with Crippen LogP contribution in [0.4, 0.5) is 11.6 Å². The fraction of sp³-hybridized carbons (Fsp3) is 0.0952. The summed E-state index contributed by atoms with van der Waals surface area (Å²) in [5.74, 6) is 1.75. The summed E-state index contributed by atoms with van der Waals surface area (Å²) >= 11 is 5.05. The SMILES string of the molecule is Cc1cc(Br)cc(C)c1Oc1nc(Nc2ccc(C#N)cc2)nc2sccc12. The summed E-state index contributed by atoms with van der Waals surface area (Å²) in [7, 11) is 0. The van der Waals surface area contributed by atoms with Crippen LogP contribution in [-0.2, 0) is 0 Å². The van der Waals surface area contributed by atoms with E-state index < -0.39 is 0 Å². The number of aromatic nitrogens is 2. The van der Waals surface area contributed by atoms with Gasteiger partial charge >= 0.3 is 0 Å². The van der Waals surface area contributed by atoms with Gasteiger partial charge < -0.3 is 10.1 Å². The highest BCUT2D eigenvalue weighted by molar-refractivity contribution is 9.10. The molecule has 0 radical (unpaired) electrons. The van der Waals surface area contributed by atoms with Gasteiger partial charge in [0.05, 0.1) is 17.0 Å². The van der Waals surface area contributed by atoms with Gasteiger partial charge in [-0.25, -0.2) is 4.98 Å². The van der Waals surface area contributed by atoms with Crippen LogP contribution in [-0.4, -0.2) is 9.97 Å². The van der Waals surface area contributed by atoms with Gasteiger partial charge in [0, 0.05) is 10.2 Å². The second-order valence-electron chi connectivity index (χ2n) is 6.28. The molecule has 2 aromatic carbocycles. The van der Waals surface area contributed by atoms with E-state index in [0.29, 0.717) is 17.4 Å². The van der Waals surface area contributed by atoms with E-state index in [1.807, 2.05) is 49.6 Å². The highest BCUT2D eigenvalue weighted by atomic mass is 79.9. The molecule has 0 spiro atoms. The molecule has 0 saturated heterocycles. The highest BCUT2D eigenvalue weighted by Crippen LogP contribution is 2.36. The van der Waals surface area contributed by atoms with Crippen molar-refractivity contribution in [1.82, 2.24) is 9.97 Å². The molecule has 1 N–H and O–H groups in total. The van der Waals surface area contributed by atoms with E-state index in [0.717, 1.165) is 37.3 Å². The summed E-state index contributed by atoms with van der Waals surface area (Å²) in [6.07, 6.45) is 0. The smallest absolute Gasteiger partial charge is 0.232 e. The van der Waals surface area contributed by atoms with Crippen LogP contribution >= 0.6 is 27.3 Å². The van der Waals surface area contributed by atoms with Gasteiger partial charge in [0.15, 0.2) is 0 Å². The predicted octanol–water partition coefficient (Wildman–Crippen LogP) is 6.48. The van der Waals surface area contributed by atoms with Crippen molar-refractivity contribution >= 4 is 49.1 Å². The number of thiophene rings is 1. The van der Waals surface area contributed by atoms with Crippen LogP contribution in [0.5, 0.6) is 11.6 Å². The molecule has 28 heavy (non-hydrogen) atoms. The molecule has 4 rings (SSSR count). The van der Waals surface area contributed by atoms with Crippen LogP contribution in [0.25, 0.3) is 10.2 Å². The second kappa shape index (κ2) is 7.58. The molecule has 2 aromatic heterocycles. The van der Waals surface area contributed by atoms with E-state index in [1.165, 1.54) is 11.3 Å². The molecule has 0 fully saturated rings. The van der Waals surface area contributed by atoms with Crippen LogP contribution in [0, 0.1) is 25.2 Å². The van der Waals surface area contributed by atoms with E-state index in [2.05, 4.69) is 37.3 Å². The third kappa shape index (κ3) is 3.70. The minimum absolute atomic E-state index is 0.446. The standard InChI is InChI=1S/C21H15BrN4OS/c1-12-9-15(22)10-13(2)18(12)27-19-17-7-8-28-20(17)26-21(25-19)24-16-5-3-14(11-23)4-6-16/h3-10H,1-2H3,(H,24,25,26). The Bertz CT molecular complexity index is 1190. The van der Waals surface area contributed by atoms with E-state index in [-0.39, 0.29) is 0 Å². The molecule has 0 aliphatic heterocycles. The van der Waals surface area contributed by atoms with Gasteiger partial charge in [-0.1, -0.05) is 15.9 Å². The number of rotatable bonds is 4. The molecule has 0 amide bonds. The zero-order valence-corrected chi connectivity index (χ0v) is 17.6. The first kappa shape index (κ1) is 18.4. The van der Waals surface area contributed by atoms with Gasteiger partial charge in [0.1, 0.15) is 10.6 Å². The Hall–Kier alpha value is -2.95. The minimum Gasteiger partial charge on any atom is -0.438 e. The van der Waals surface area contributed by atoms with Crippen molar-refractivity contribution in [3.05, 3.63) is 69.0 Å². The van der Waals surface area contributed by atoms with Crippen LogP contribution < -0.4 is 10.1 Å². The van der Waals surface area contributed by atoms with Crippen LogP contribution in [0.2, 0.25) is 0 Å². The number of hydrogen-bond acceptors (Lipinski definition) is 6. The molecule has 4 aromatic rings. The molecule has 138 valence electrons. The van der Waals surface area contributed by atoms with Crippen LogP contribution in [0.15, 0.2) is 52.3 Å². The van der Waals surface area contributed by atoms with Crippen LogP contribution in [0.1, 0.15) is 16.7 Å². The van der Waals surface area contributed by atoms with Crippen molar-refractivity contribution in [3.8, 4) is 17.7 Å². The lowest BCUT2D eigenvalue weighted by Crippen LogP contribution is -2.00. The molecule has 0 saturated carbocycles. The van der Waals surface area contributed by atoms with E-state index in [9.17, 15) is 0 Å². The minimum atomic E-state index is 0.446. The summed E-state index contributed by atoms with van der Waals surface area (Å²) in [5.41, 5.74) is 3.45. The molecule has 2 heterocycles. The number of ether oxygens (including phenoxy) is 1. The summed E-state index contributed by atoms with van der Waals surface area (Å²) in [6, 6.07) is 15.3. The first-order valence-corrected chi connectivity index (χ1v) is 10.2. The zero-order valence-electron chi connectivity index (χ0n) is 15.2. The van der Waals surface area contributed by atoms with Gasteiger partial charge in [0.25, 0.3) is 0 Å². The predicted molar refractivity (Wildman–Crippen MR) is 116 cm³/mol. The second-order valence-corrected chi connectivity index (χ2v) is 8.09. The fourth-order valence-electron chi connectivity index (χ4n) is 2.87. The monoisotopic (exact) mass is 450 g/mol. The number of hydrogen-bond donors (Lipinski definition) is 1. The van der Waals surface area contributed by atoms with Gasteiger partial charge in [-0.3, -0.25) is 0 Å². The quantitative estimate of drug-likeness (QED) is 0.385. The molecule has 0 atom stereocenters. The topological polar surface area (TPSA) is 70.8 Å². The molecule has 0 bridgehead atoms. The third-order valence-electron chi connectivity index (χ3n) is 4.18. The number of nitriles is 1. The maximum atomic E-state index is 8.94. The van der Waals surface area contributed by atoms with E-state index in [1.54, 1.807) is 12.1 Å². The number of nitrogens with one attached hydrogen (secondary N) is 1. The highest BCUT2D eigenvalue weighted by Gasteiger charge is 2.14. The zero-order chi connectivity index (χ0) is 19.7. The number of nitrogens with zero attached hydrogens (tertiary/aromatic N) is 3. The Morgan fingerprint density at radius 3 is 2.46 bits per heavy atom. The van der Waals surface area contributed by atoms with Crippen molar-refractivity contribution < 1.29 is 4.74 Å². The number of aryl methyl sites for hydroxylation is 2. The Morgan fingerprint density at radius 1 is 1.07 bits per heavy atom. The van der Waals surface area contributed by atoms with Crippen molar-refractivity contribution in [3.63, 3.8) is 0 Å². The van der Waals surface area contributed by atoms with Crippen molar-refractivity contribution in [2.45, 2.75) is 13.8 Å². The Morgan fingerprint density at radius 2 is 1.79 bits per heavy atom. The molecular formula is C21H15BrN4OS. The van der Waals surface area contributed by atoms with Gasteiger partial charge in [-0.2, -0.15) is 10.2 Å². The molecule has 5 nitrogen and oxygen atoms in total. The van der Waals surface area contributed by atoms with Gasteiger partial charge in [-0.15, -0.1) is 11.3 Å². The van der Waals surface area contributed by atoms with Crippen molar-refractivity contribution in [2.24, 2.45) is 0 Å². The largest absolute Gasteiger partial charge is 0.438 e. The lowest BCUT2D eigenvalue weighted by molar-refractivity contribution is 0.462. The summed E-state index contributed by atoms with van der Waals surface area (Å²) in [6.45, 7) is 4.02. The summed E-state index contributed by atoms with van der Waals surface area (Å²) in [4.78, 5) is 10.0. The van der Waals surface area contributed by atoms with E-state index in [4.69, 9.17) is 10.00 Å². The first-order chi connectivity index (χ1) is 13.5. The number of halogens is 1. The Balaban J connectivity index is 1.72. The Kier molecular flexibility index (Phi) is 4.99. The summed E-state index contributed by atoms with van der Waals surface area (Å²) in [5, 5.41) is 15.0. The normalized spacial score (nSPS) is 10.6.